The number of aromatic amines is 1. The van der Waals surface area contributed by atoms with Gasteiger partial charge in [-0.25, -0.2) is 0 Å². The minimum absolute atomic E-state index is 0.0162. The molecule has 1 aromatic rings. The molecule has 0 atom stereocenters. The molecule has 0 saturated heterocycles. The second-order valence-electron chi connectivity index (χ2n) is 4.00. The van der Waals surface area contributed by atoms with E-state index < -0.39 is 3.61 Å². The Morgan fingerprint density at radius 3 is 2.84 bits per heavy atom. The Labute approximate surface area is 121 Å². The number of alkyl halides is 1. The summed E-state index contributed by atoms with van der Waals surface area (Å²) in [5.41, 5.74) is 5.46. The Morgan fingerprint density at radius 1 is 1.53 bits per heavy atom. The molecule has 1 aliphatic rings. The lowest BCUT2D eigenvalue weighted by atomic mass is 10.4. The zero-order valence-electron chi connectivity index (χ0n) is 9.89. The molecule has 0 radical (unpaired) electrons. The van der Waals surface area contributed by atoms with Crippen molar-refractivity contribution in [1.29, 1.82) is 0 Å². The molecule has 0 saturated carbocycles. The fourth-order valence-corrected chi connectivity index (χ4v) is 1.70. The predicted octanol–water partition coefficient (Wildman–Crippen LogP) is -1.37. The zero-order valence-corrected chi connectivity index (χ0v) is 12.0. The number of nitrogen functional groups attached to an aromatic ring is 1. The average molecular weight is 383 g/mol. The van der Waals surface area contributed by atoms with Crippen molar-refractivity contribution in [1.82, 2.24) is 9.97 Å². The molecule has 0 aliphatic carbocycles. The largest absolute Gasteiger partial charge is 0.392 e. The van der Waals surface area contributed by atoms with E-state index in [1.165, 1.54) is 0 Å². The number of nitrogens with two attached hydrogens (primary N) is 1. The number of halogens is 1. The zero-order chi connectivity index (χ0) is 14.0. The number of aliphatic hydroxyl groups excluding tert-OH is 2. The number of H-pyrrole nitrogens is 1. The average Bonchev–Trinajstić information content (AvgIpc) is 2.79. The Morgan fingerprint density at radius 2 is 2.21 bits per heavy atom. The van der Waals surface area contributed by atoms with Crippen LogP contribution in [-0.4, -0.2) is 50.4 Å². The fraction of sp³-hybridized carbons (Fsp3) is 0.556. The molecule has 6 N–H and O–H groups in total. The molecule has 2 rings (SSSR count). The van der Waals surface area contributed by atoms with Gasteiger partial charge in [0.25, 0.3) is 5.56 Å². The monoisotopic (exact) mass is 383 g/mol. The normalized spacial score (nSPS) is 14.4. The van der Waals surface area contributed by atoms with E-state index in [9.17, 15) is 4.79 Å². The van der Waals surface area contributed by atoms with Gasteiger partial charge in [-0.05, 0) is 22.6 Å². The molecule has 0 aromatic carbocycles. The lowest BCUT2D eigenvalue weighted by Crippen LogP contribution is -2.39. The SMILES string of the molecule is Nc1nc2c(c(=O)[nH]1)NCN2COC(I)(CO)CO. The summed E-state index contributed by atoms with van der Waals surface area (Å²) in [5.74, 6) is 0.401. The van der Waals surface area contributed by atoms with E-state index in [1.807, 2.05) is 22.6 Å². The summed E-state index contributed by atoms with van der Waals surface area (Å²) in [7, 11) is 0. The van der Waals surface area contributed by atoms with Gasteiger partial charge in [0.2, 0.25) is 5.95 Å². The van der Waals surface area contributed by atoms with Crippen LogP contribution in [0.4, 0.5) is 17.5 Å². The molecule has 9 nitrogen and oxygen atoms in total. The van der Waals surface area contributed by atoms with Crippen molar-refractivity contribution in [3.05, 3.63) is 10.4 Å². The molecule has 1 aromatic heterocycles. The van der Waals surface area contributed by atoms with Crippen LogP contribution in [-0.2, 0) is 4.74 Å². The molecule has 10 heteroatoms. The number of rotatable bonds is 5. The minimum Gasteiger partial charge on any atom is -0.392 e. The third-order valence-corrected chi connectivity index (χ3v) is 3.61. The first kappa shape index (κ1) is 14.3. The topological polar surface area (TPSA) is 137 Å². The molecule has 0 fully saturated rings. The Hall–Kier alpha value is -1.11. The quantitative estimate of drug-likeness (QED) is 0.310. The van der Waals surface area contributed by atoms with Crippen molar-refractivity contribution in [3.63, 3.8) is 0 Å². The van der Waals surface area contributed by atoms with Gasteiger partial charge in [0.05, 0.1) is 19.9 Å². The Kier molecular flexibility index (Phi) is 4.13. The minimum atomic E-state index is -1.08. The Bertz CT molecular complexity index is 518. The molecule has 0 amide bonds. The molecule has 2 heterocycles. The van der Waals surface area contributed by atoms with E-state index in [0.29, 0.717) is 18.2 Å². The van der Waals surface area contributed by atoms with Crippen LogP contribution in [0.25, 0.3) is 0 Å². The molecular formula is C9H14IN5O4. The molecule has 19 heavy (non-hydrogen) atoms. The number of nitrogens with zero attached hydrogens (tertiary/aromatic N) is 2. The van der Waals surface area contributed by atoms with Crippen molar-refractivity contribution in [2.24, 2.45) is 0 Å². The van der Waals surface area contributed by atoms with Gasteiger partial charge in [0.1, 0.15) is 12.4 Å². The van der Waals surface area contributed by atoms with Crippen molar-refractivity contribution < 1.29 is 14.9 Å². The molecular weight excluding hydrogens is 369 g/mol. The first-order valence-corrected chi connectivity index (χ1v) is 6.50. The number of aromatic nitrogens is 2. The predicted molar refractivity (Wildman–Crippen MR) is 77.1 cm³/mol. The highest BCUT2D eigenvalue weighted by Crippen LogP contribution is 2.27. The van der Waals surface area contributed by atoms with Gasteiger partial charge in [-0.2, -0.15) is 4.98 Å². The summed E-state index contributed by atoms with van der Waals surface area (Å²) in [6, 6.07) is 0. The number of hydrogen-bond acceptors (Lipinski definition) is 8. The molecule has 0 unspecified atom stereocenters. The molecule has 106 valence electrons. The number of anilines is 3. The maximum Gasteiger partial charge on any atom is 0.277 e. The summed E-state index contributed by atoms with van der Waals surface area (Å²) in [6.45, 7) is -0.273. The van der Waals surface area contributed by atoms with Gasteiger partial charge in [-0.1, -0.05) is 0 Å². The van der Waals surface area contributed by atoms with Crippen molar-refractivity contribution in [2.45, 2.75) is 3.61 Å². The van der Waals surface area contributed by atoms with E-state index in [0.717, 1.165) is 0 Å². The third-order valence-electron chi connectivity index (χ3n) is 2.62. The van der Waals surface area contributed by atoms with E-state index in [1.54, 1.807) is 4.90 Å². The van der Waals surface area contributed by atoms with Crippen LogP contribution >= 0.6 is 22.6 Å². The highest BCUT2D eigenvalue weighted by Gasteiger charge is 2.29. The first-order valence-electron chi connectivity index (χ1n) is 5.42. The number of fused-ring (bicyclic) bond motifs is 1. The standard InChI is InChI=1S/C9H14IN5O4/c10-9(1-16,2-17)19-4-15-3-12-5-6(15)13-8(11)14-7(5)18/h12,16-17H,1-4H2,(H3,11,13,14,18). The third kappa shape index (κ3) is 2.91. The summed E-state index contributed by atoms with van der Waals surface area (Å²) in [5, 5.41) is 21.1. The number of hydrogen-bond donors (Lipinski definition) is 5. The van der Waals surface area contributed by atoms with Crippen LogP contribution in [0.5, 0.6) is 0 Å². The van der Waals surface area contributed by atoms with Crippen LogP contribution in [0.1, 0.15) is 0 Å². The second-order valence-corrected chi connectivity index (χ2v) is 5.96. The van der Waals surface area contributed by atoms with E-state index in [4.69, 9.17) is 20.7 Å². The Balaban J connectivity index is 2.13. The number of ether oxygens (including phenoxy) is 1. The number of nitrogens with one attached hydrogen (secondary N) is 2. The fourth-order valence-electron chi connectivity index (χ4n) is 1.56. The van der Waals surface area contributed by atoms with E-state index in [2.05, 4.69) is 15.3 Å². The van der Waals surface area contributed by atoms with Crippen molar-refractivity contribution in [2.75, 3.05) is 42.6 Å². The van der Waals surface area contributed by atoms with Crippen LogP contribution < -0.4 is 21.5 Å². The van der Waals surface area contributed by atoms with Gasteiger partial charge in [-0.15, -0.1) is 0 Å². The summed E-state index contributed by atoms with van der Waals surface area (Å²) < 4.78 is 4.35. The van der Waals surface area contributed by atoms with Crippen LogP contribution in [0.2, 0.25) is 0 Å². The second kappa shape index (κ2) is 5.48. The van der Waals surface area contributed by atoms with E-state index >= 15 is 0 Å². The van der Waals surface area contributed by atoms with Crippen LogP contribution in [0.3, 0.4) is 0 Å². The summed E-state index contributed by atoms with van der Waals surface area (Å²) in [4.78, 5) is 19.7. The van der Waals surface area contributed by atoms with Gasteiger partial charge in [0, 0.05) is 0 Å². The van der Waals surface area contributed by atoms with Gasteiger partial charge < -0.3 is 30.9 Å². The number of aliphatic hydroxyl groups is 2. The highest BCUT2D eigenvalue weighted by molar-refractivity contribution is 14.1. The van der Waals surface area contributed by atoms with Crippen molar-refractivity contribution >= 4 is 40.0 Å². The maximum atomic E-state index is 11.6. The maximum absolute atomic E-state index is 11.6. The lowest BCUT2D eigenvalue weighted by Gasteiger charge is -2.26. The van der Waals surface area contributed by atoms with Crippen LogP contribution in [0, 0.1) is 0 Å². The highest BCUT2D eigenvalue weighted by atomic mass is 127. The van der Waals surface area contributed by atoms with Crippen LogP contribution in [0.15, 0.2) is 4.79 Å². The van der Waals surface area contributed by atoms with Gasteiger partial charge in [0.15, 0.2) is 9.43 Å². The lowest BCUT2D eigenvalue weighted by molar-refractivity contribution is -0.0314. The van der Waals surface area contributed by atoms with Gasteiger partial charge in [-0.3, -0.25) is 9.78 Å². The first-order chi connectivity index (χ1) is 8.99. The molecule has 0 spiro atoms. The van der Waals surface area contributed by atoms with Gasteiger partial charge >= 0.3 is 0 Å². The molecule has 1 aliphatic heterocycles. The van der Waals surface area contributed by atoms with Crippen molar-refractivity contribution in [3.8, 4) is 0 Å². The summed E-state index contributed by atoms with van der Waals surface area (Å²) in [6.07, 6.45) is 0. The molecule has 0 bridgehead atoms. The summed E-state index contributed by atoms with van der Waals surface area (Å²) >= 11 is 1.82. The smallest absolute Gasteiger partial charge is 0.277 e. The van der Waals surface area contributed by atoms with E-state index in [-0.39, 0.29) is 31.5 Å².